The average molecular weight is 405 g/mol. The van der Waals surface area contributed by atoms with E-state index in [-0.39, 0.29) is 16.8 Å². The second kappa shape index (κ2) is 10.5. The summed E-state index contributed by atoms with van der Waals surface area (Å²) < 4.78 is 15.1. The second-order valence-corrected chi connectivity index (χ2v) is 10.4. The van der Waals surface area contributed by atoms with Gasteiger partial charge in [-0.1, -0.05) is 32.9 Å². The summed E-state index contributed by atoms with van der Waals surface area (Å²) in [6.07, 6.45) is 0. The second-order valence-electron chi connectivity index (χ2n) is 7.19. The normalized spacial score (nSPS) is 11.5. The highest BCUT2D eigenvalue weighted by molar-refractivity contribution is 6.54. The van der Waals surface area contributed by atoms with E-state index in [9.17, 15) is 9.59 Å². The number of benzene rings is 2. The fraction of sp³-hybridized carbons (Fsp3) is 0.333. The molecule has 6 nitrogen and oxygen atoms in total. The van der Waals surface area contributed by atoms with Crippen molar-refractivity contribution in [2.45, 2.75) is 32.4 Å². The van der Waals surface area contributed by atoms with E-state index in [4.69, 9.17) is 9.53 Å². The van der Waals surface area contributed by atoms with Crippen molar-refractivity contribution in [2.75, 3.05) is 14.2 Å². The zero-order valence-corrected chi connectivity index (χ0v) is 18.3. The highest BCUT2D eigenvalue weighted by atomic mass is 28.3. The SMILES string of the molecule is COC(=O)c1cccc(O)c1.COC(=O)c1cccc(O[SiH](C)C(C)(C)C)c1. The van der Waals surface area contributed by atoms with Crippen LogP contribution in [-0.4, -0.2) is 40.3 Å². The number of aromatic hydroxyl groups is 1. The number of methoxy groups -OCH3 is 2. The summed E-state index contributed by atoms with van der Waals surface area (Å²) in [5, 5.41) is 9.15. The van der Waals surface area contributed by atoms with Crippen LogP contribution >= 0.6 is 0 Å². The Morgan fingerprint density at radius 1 is 0.893 bits per heavy atom. The molecule has 152 valence electrons. The summed E-state index contributed by atoms with van der Waals surface area (Å²) in [5.74, 6) is 0.0383. The Balaban J connectivity index is 0.000000307. The molecule has 1 unspecified atom stereocenters. The van der Waals surface area contributed by atoms with Gasteiger partial charge in [0, 0.05) is 0 Å². The average Bonchev–Trinajstić information content (AvgIpc) is 2.66. The molecule has 0 aliphatic heterocycles. The van der Waals surface area contributed by atoms with Crippen LogP contribution in [0.2, 0.25) is 11.6 Å². The van der Waals surface area contributed by atoms with Crippen LogP contribution in [0, 0.1) is 0 Å². The van der Waals surface area contributed by atoms with E-state index >= 15 is 0 Å². The largest absolute Gasteiger partial charge is 0.546 e. The topological polar surface area (TPSA) is 82.1 Å². The lowest BCUT2D eigenvalue weighted by Gasteiger charge is -2.26. The van der Waals surface area contributed by atoms with Crippen LogP contribution in [0.1, 0.15) is 41.5 Å². The minimum atomic E-state index is -1.33. The molecule has 0 saturated heterocycles. The molecule has 0 spiro atoms. The van der Waals surface area contributed by atoms with Crippen LogP contribution in [0.25, 0.3) is 0 Å². The first-order valence-electron chi connectivity index (χ1n) is 8.81. The number of carbonyl (C=O) groups excluding carboxylic acids is 2. The van der Waals surface area contributed by atoms with Gasteiger partial charge in [-0.15, -0.1) is 0 Å². The van der Waals surface area contributed by atoms with Gasteiger partial charge in [0.1, 0.15) is 11.5 Å². The van der Waals surface area contributed by atoms with Gasteiger partial charge < -0.3 is 19.0 Å². The van der Waals surface area contributed by atoms with Crippen molar-refractivity contribution in [3.63, 3.8) is 0 Å². The molecule has 1 N–H and O–H groups in total. The number of rotatable bonds is 4. The number of hydrogen-bond donors (Lipinski definition) is 1. The van der Waals surface area contributed by atoms with Crippen molar-refractivity contribution in [3.8, 4) is 11.5 Å². The van der Waals surface area contributed by atoms with Gasteiger partial charge in [-0.05, 0) is 48.0 Å². The molecule has 7 heteroatoms. The molecule has 0 aliphatic carbocycles. The smallest absolute Gasteiger partial charge is 0.337 e. The zero-order chi connectivity index (χ0) is 21.3. The molecule has 0 amide bonds. The van der Waals surface area contributed by atoms with Crippen molar-refractivity contribution in [1.82, 2.24) is 0 Å². The monoisotopic (exact) mass is 404 g/mol. The lowest BCUT2D eigenvalue weighted by Crippen LogP contribution is -2.28. The quantitative estimate of drug-likeness (QED) is 0.608. The van der Waals surface area contributed by atoms with E-state index in [1.165, 1.54) is 26.4 Å². The van der Waals surface area contributed by atoms with Gasteiger partial charge in [-0.2, -0.15) is 0 Å². The minimum absolute atomic E-state index is 0.0629. The Kier molecular flexibility index (Phi) is 8.72. The molecule has 0 bridgehead atoms. The molecule has 0 radical (unpaired) electrons. The van der Waals surface area contributed by atoms with Gasteiger partial charge >= 0.3 is 11.9 Å². The highest BCUT2D eigenvalue weighted by Gasteiger charge is 2.24. The lowest BCUT2D eigenvalue weighted by atomic mass is 10.2. The van der Waals surface area contributed by atoms with E-state index in [0.29, 0.717) is 11.1 Å². The number of ether oxygens (including phenoxy) is 2. The maximum atomic E-state index is 11.4. The molecule has 0 fully saturated rings. The molecule has 2 aromatic carbocycles. The molecule has 0 aromatic heterocycles. The van der Waals surface area contributed by atoms with E-state index in [2.05, 4.69) is 36.8 Å². The van der Waals surface area contributed by atoms with Crippen molar-refractivity contribution in [3.05, 3.63) is 59.7 Å². The first kappa shape index (κ1) is 23.2. The first-order valence-corrected chi connectivity index (χ1v) is 11.0. The number of esters is 2. The summed E-state index contributed by atoms with van der Waals surface area (Å²) >= 11 is 0. The minimum Gasteiger partial charge on any atom is -0.546 e. The van der Waals surface area contributed by atoms with Crippen molar-refractivity contribution < 1.29 is 28.6 Å². The summed E-state index contributed by atoms with van der Waals surface area (Å²) in [4.78, 5) is 22.2. The molecule has 2 rings (SSSR count). The Bertz CT molecular complexity index is 797. The van der Waals surface area contributed by atoms with E-state index in [1.807, 2.05) is 12.1 Å². The number of carbonyl (C=O) groups is 2. The van der Waals surface area contributed by atoms with Crippen LogP contribution < -0.4 is 4.43 Å². The maximum Gasteiger partial charge on any atom is 0.337 e. The van der Waals surface area contributed by atoms with Gasteiger partial charge in [-0.3, -0.25) is 0 Å². The van der Waals surface area contributed by atoms with Gasteiger partial charge in [0.2, 0.25) is 9.04 Å². The summed E-state index contributed by atoms with van der Waals surface area (Å²) in [5.41, 5.74) is 0.882. The van der Waals surface area contributed by atoms with Crippen LogP contribution in [0.15, 0.2) is 48.5 Å². The van der Waals surface area contributed by atoms with E-state index in [0.717, 1.165) is 5.75 Å². The fourth-order valence-electron chi connectivity index (χ4n) is 1.95. The Morgan fingerprint density at radius 3 is 1.86 bits per heavy atom. The third kappa shape index (κ3) is 7.44. The molecular formula is C21H28O6Si. The third-order valence-electron chi connectivity index (χ3n) is 4.05. The molecule has 1 atom stereocenters. The van der Waals surface area contributed by atoms with Crippen LogP contribution in [-0.2, 0) is 9.47 Å². The van der Waals surface area contributed by atoms with Crippen LogP contribution in [0.3, 0.4) is 0 Å². The van der Waals surface area contributed by atoms with E-state index in [1.54, 1.807) is 24.3 Å². The molecular weight excluding hydrogens is 376 g/mol. The van der Waals surface area contributed by atoms with Crippen molar-refractivity contribution >= 4 is 21.0 Å². The Labute approximate surface area is 167 Å². The molecule has 0 heterocycles. The summed E-state index contributed by atoms with van der Waals surface area (Å²) in [7, 11) is 1.35. The van der Waals surface area contributed by atoms with Crippen molar-refractivity contribution in [2.24, 2.45) is 0 Å². The molecule has 0 aliphatic rings. The van der Waals surface area contributed by atoms with Gasteiger partial charge in [-0.25, -0.2) is 9.59 Å². The predicted octanol–water partition coefficient (Wildman–Crippen LogP) is 4.18. The molecule has 28 heavy (non-hydrogen) atoms. The Morgan fingerprint density at radius 2 is 1.39 bits per heavy atom. The first-order chi connectivity index (χ1) is 13.1. The number of hydrogen-bond acceptors (Lipinski definition) is 6. The highest BCUT2D eigenvalue weighted by Crippen LogP contribution is 2.28. The third-order valence-corrected chi connectivity index (χ3v) is 7.12. The maximum absolute atomic E-state index is 11.4. The summed E-state index contributed by atoms with van der Waals surface area (Å²) in [6.45, 7) is 8.68. The lowest BCUT2D eigenvalue weighted by molar-refractivity contribution is 0.0591. The molecule has 2 aromatic rings. The van der Waals surface area contributed by atoms with Gasteiger partial charge in [0.15, 0.2) is 0 Å². The zero-order valence-electron chi connectivity index (χ0n) is 17.2. The summed E-state index contributed by atoms with van der Waals surface area (Å²) in [6, 6.07) is 13.2. The standard InChI is InChI=1S/C13H20O3Si.C8H8O3/c1-13(2,3)17(5)16-11-8-6-7-10(9-11)12(14)15-4;1-11-8(10)6-3-2-4-7(9)5-6/h6-9,17H,1-5H3;2-5,9H,1H3. The van der Waals surface area contributed by atoms with E-state index < -0.39 is 15.0 Å². The number of phenolic OH excluding ortho intramolecular Hbond substituents is 1. The number of phenols is 1. The predicted molar refractivity (Wildman–Crippen MR) is 111 cm³/mol. The van der Waals surface area contributed by atoms with Gasteiger partial charge in [0.05, 0.1) is 25.3 Å². The van der Waals surface area contributed by atoms with Crippen molar-refractivity contribution in [1.29, 1.82) is 0 Å². The Hall–Kier alpha value is -2.80. The molecule has 0 saturated carbocycles. The van der Waals surface area contributed by atoms with Gasteiger partial charge in [0.25, 0.3) is 0 Å². The van der Waals surface area contributed by atoms with Crippen LogP contribution in [0.5, 0.6) is 11.5 Å². The van der Waals surface area contributed by atoms with Crippen LogP contribution in [0.4, 0.5) is 0 Å². The fourth-order valence-corrected chi connectivity index (χ4v) is 2.85.